The Morgan fingerprint density at radius 1 is 1.85 bits per heavy atom. The minimum absolute atomic E-state index is 0.441. The summed E-state index contributed by atoms with van der Waals surface area (Å²) in [5.41, 5.74) is 2.82. The fourth-order valence-corrected chi connectivity index (χ4v) is 1.76. The van der Waals surface area contributed by atoms with Gasteiger partial charge in [0.05, 0.1) is 17.3 Å². The molecule has 0 saturated heterocycles. The standard InChI is InChI=1S/C8H10ClN3S/c1-12(3-7(9)2-10)4-8-5-13-6-11-8/h5-7H,3-4H2,1H3. The number of aromatic nitrogens is 1. The highest BCUT2D eigenvalue weighted by molar-refractivity contribution is 7.07. The number of rotatable bonds is 4. The highest BCUT2D eigenvalue weighted by atomic mass is 35.5. The molecule has 0 amide bonds. The molecule has 1 rings (SSSR count). The molecular weight excluding hydrogens is 206 g/mol. The number of nitriles is 1. The second-order valence-electron chi connectivity index (χ2n) is 2.77. The minimum Gasteiger partial charge on any atom is -0.298 e. The van der Waals surface area contributed by atoms with E-state index < -0.39 is 5.38 Å². The molecule has 1 atom stereocenters. The van der Waals surface area contributed by atoms with Crippen molar-refractivity contribution < 1.29 is 0 Å². The maximum absolute atomic E-state index is 8.49. The maximum Gasteiger partial charge on any atom is 0.133 e. The molecular formula is C8H10ClN3S. The molecule has 0 aromatic carbocycles. The van der Waals surface area contributed by atoms with Crippen LogP contribution in [0.15, 0.2) is 10.9 Å². The van der Waals surface area contributed by atoms with E-state index in [9.17, 15) is 0 Å². The summed E-state index contributed by atoms with van der Waals surface area (Å²) in [7, 11) is 1.92. The zero-order chi connectivity index (χ0) is 9.68. The van der Waals surface area contributed by atoms with Gasteiger partial charge in [-0.3, -0.25) is 4.90 Å². The van der Waals surface area contributed by atoms with Crippen molar-refractivity contribution in [2.75, 3.05) is 13.6 Å². The molecule has 0 fully saturated rings. The van der Waals surface area contributed by atoms with Crippen LogP contribution in [0, 0.1) is 11.3 Å². The van der Waals surface area contributed by atoms with Gasteiger partial charge in [-0.05, 0) is 7.05 Å². The van der Waals surface area contributed by atoms with Gasteiger partial charge < -0.3 is 0 Å². The quantitative estimate of drug-likeness (QED) is 0.718. The van der Waals surface area contributed by atoms with Gasteiger partial charge in [-0.15, -0.1) is 22.9 Å². The van der Waals surface area contributed by atoms with Crippen molar-refractivity contribution in [3.63, 3.8) is 0 Å². The lowest BCUT2D eigenvalue weighted by atomic mass is 10.4. The van der Waals surface area contributed by atoms with Crippen LogP contribution in [-0.2, 0) is 6.54 Å². The van der Waals surface area contributed by atoms with Crippen LogP contribution in [0.2, 0.25) is 0 Å². The first-order chi connectivity index (χ1) is 6.22. The van der Waals surface area contributed by atoms with Gasteiger partial charge in [-0.25, -0.2) is 4.98 Å². The van der Waals surface area contributed by atoms with Crippen LogP contribution in [0.5, 0.6) is 0 Å². The van der Waals surface area contributed by atoms with Crippen LogP contribution in [0.4, 0.5) is 0 Å². The van der Waals surface area contributed by atoms with Crippen molar-refractivity contribution in [3.8, 4) is 6.07 Å². The molecule has 1 aromatic heterocycles. The van der Waals surface area contributed by atoms with E-state index in [1.54, 1.807) is 16.8 Å². The molecule has 70 valence electrons. The van der Waals surface area contributed by atoms with Crippen molar-refractivity contribution in [2.45, 2.75) is 11.9 Å². The number of nitrogens with zero attached hydrogens (tertiary/aromatic N) is 3. The van der Waals surface area contributed by atoms with E-state index in [2.05, 4.69) is 4.98 Å². The third kappa shape index (κ3) is 3.73. The van der Waals surface area contributed by atoms with Gasteiger partial charge in [-0.1, -0.05) is 0 Å². The lowest BCUT2D eigenvalue weighted by molar-refractivity contribution is 0.333. The summed E-state index contributed by atoms with van der Waals surface area (Å²) in [6.07, 6.45) is 0. The van der Waals surface area contributed by atoms with E-state index in [-0.39, 0.29) is 0 Å². The molecule has 13 heavy (non-hydrogen) atoms. The van der Waals surface area contributed by atoms with Gasteiger partial charge in [0.2, 0.25) is 0 Å². The zero-order valence-electron chi connectivity index (χ0n) is 7.27. The van der Waals surface area contributed by atoms with E-state index in [0.29, 0.717) is 6.54 Å². The Bertz CT molecular complexity index is 280. The highest BCUT2D eigenvalue weighted by Gasteiger charge is 2.07. The Balaban J connectivity index is 2.34. The van der Waals surface area contributed by atoms with E-state index in [1.165, 1.54) is 0 Å². The van der Waals surface area contributed by atoms with Crippen LogP contribution < -0.4 is 0 Å². The van der Waals surface area contributed by atoms with Gasteiger partial charge in [0.15, 0.2) is 0 Å². The molecule has 0 aliphatic carbocycles. The summed E-state index contributed by atoms with van der Waals surface area (Å²) >= 11 is 7.25. The average molecular weight is 216 g/mol. The molecule has 0 saturated carbocycles. The molecule has 0 aliphatic rings. The van der Waals surface area contributed by atoms with Crippen molar-refractivity contribution in [3.05, 3.63) is 16.6 Å². The summed E-state index contributed by atoms with van der Waals surface area (Å²) in [5.74, 6) is 0. The topological polar surface area (TPSA) is 39.9 Å². The first-order valence-corrected chi connectivity index (χ1v) is 5.19. The summed E-state index contributed by atoms with van der Waals surface area (Å²) in [6.45, 7) is 1.31. The normalized spacial score (nSPS) is 12.8. The maximum atomic E-state index is 8.49. The lowest BCUT2D eigenvalue weighted by Gasteiger charge is -2.14. The molecule has 0 aliphatic heterocycles. The van der Waals surface area contributed by atoms with Crippen LogP contribution >= 0.6 is 22.9 Å². The van der Waals surface area contributed by atoms with Crippen molar-refractivity contribution in [2.24, 2.45) is 0 Å². The van der Waals surface area contributed by atoms with E-state index in [0.717, 1.165) is 12.2 Å². The molecule has 0 radical (unpaired) electrons. The lowest BCUT2D eigenvalue weighted by Crippen LogP contribution is -2.25. The third-order valence-electron chi connectivity index (χ3n) is 1.53. The summed E-state index contributed by atoms with van der Waals surface area (Å²) in [6, 6.07) is 1.98. The zero-order valence-corrected chi connectivity index (χ0v) is 8.85. The van der Waals surface area contributed by atoms with Crippen LogP contribution in [-0.4, -0.2) is 28.9 Å². The predicted molar refractivity (Wildman–Crippen MR) is 53.7 cm³/mol. The second kappa shape index (κ2) is 5.18. The molecule has 1 heterocycles. The molecule has 1 unspecified atom stereocenters. The Kier molecular flexibility index (Phi) is 4.16. The fourth-order valence-electron chi connectivity index (χ4n) is 0.971. The largest absolute Gasteiger partial charge is 0.298 e. The number of hydrogen-bond donors (Lipinski definition) is 0. The number of halogens is 1. The third-order valence-corrected chi connectivity index (χ3v) is 2.40. The molecule has 0 N–H and O–H groups in total. The molecule has 5 heteroatoms. The van der Waals surface area contributed by atoms with Crippen LogP contribution in [0.1, 0.15) is 5.69 Å². The van der Waals surface area contributed by atoms with Gasteiger partial charge in [0, 0.05) is 18.5 Å². The first kappa shape index (κ1) is 10.5. The van der Waals surface area contributed by atoms with Gasteiger partial charge in [-0.2, -0.15) is 5.26 Å². The second-order valence-corrected chi connectivity index (χ2v) is 4.02. The average Bonchev–Trinajstić information content (AvgIpc) is 2.56. The Morgan fingerprint density at radius 2 is 2.62 bits per heavy atom. The molecule has 3 nitrogen and oxygen atoms in total. The fraction of sp³-hybridized carbons (Fsp3) is 0.500. The highest BCUT2D eigenvalue weighted by Crippen LogP contribution is 2.05. The summed E-state index contributed by atoms with van der Waals surface area (Å²) in [4.78, 5) is 6.12. The minimum atomic E-state index is -0.441. The molecule has 1 aromatic rings. The monoisotopic (exact) mass is 215 g/mol. The molecule has 0 bridgehead atoms. The van der Waals surface area contributed by atoms with Crippen LogP contribution in [0.3, 0.4) is 0 Å². The van der Waals surface area contributed by atoms with Crippen molar-refractivity contribution in [1.29, 1.82) is 5.26 Å². The van der Waals surface area contributed by atoms with E-state index >= 15 is 0 Å². The molecule has 0 spiro atoms. The summed E-state index contributed by atoms with van der Waals surface area (Å²) in [5, 5.41) is 10.0. The Hall–Kier alpha value is -0.630. The van der Waals surface area contributed by atoms with Crippen molar-refractivity contribution in [1.82, 2.24) is 9.88 Å². The SMILES string of the molecule is CN(Cc1cscn1)CC(Cl)C#N. The van der Waals surface area contributed by atoms with E-state index in [4.69, 9.17) is 16.9 Å². The van der Waals surface area contributed by atoms with Gasteiger partial charge in [0.1, 0.15) is 5.38 Å². The smallest absolute Gasteiger partial charge is 0.133 e. The Morgan fingerprint density at radius 3 is 3.15 bits per heavy atom. The first-order valence-electron chi connectivity index (χ1n) is 3.81. The Labute approximate surface area is 86.6 Å². The van der Waals surface area contributed by atoms with Gasteiger partial charge in [0.25, 0.3) is 0 Å². The summed E-state index contributed by atoms with van der Waals surface area (Å²) < 4.78 is 0. The van der Waals surface area contributed by atoms with Crippen molar-refractivity contribution >= 4 is 22.9 Å². The number of alkyl halides is 1. The predicted octanol–water partition coefficient (Wildman–Crippen LogP) is 1.71. The van der Waals surface area contributed by atoms with Gasteiger partial charge >= 0.3 is 0 Å². The number of hydrogen-bond acceptors (Lipinski definition) is 4. The van der Waals surface area contributed by atoms with E-state index in [1.807, 2.05) is 23.4 Å². The number of thiazole rings is 1. The van der Waals surface area contributed by atoms with Crippen LogP contribution in [0.25, 0.3) is 0 Å².